The number of halogens is 3. The number of fused-ring (bicyclic) bond motifs is 1. The summed E-state index contributed by atoms with van der Waals surface area (Å²) in [7, 11) is 0. The molecule has 0 unspecified atom stereocenters. The van der Waals surface area contributed by atoms with Crippen LogP contribution in [-0.4, -0.2) is 31.0 Å². The number of alkyl halides is 3. The lowest BCUT2D eigenvalue weighted by molar-refractivity contribution is -0.137. The van der Waals surface area contributed by atoms with Gasteiger partial charge in [0.25, 0.3) is 5.56 Å². The molecule has 1 atom stereocenters. The summed E-state index contributed by atoms with van der Waals surface area (Å²) in [5.74, 6) is 0.359. The Morgan fingerprint density at radius 3 is 2.52 bits per heavy atom. The van der Waals surface area contributed by atoms with Gasteiger partial charge in [0.1, 0.15) is 11.2 Å². The fourth-order valence-corrected chi connectivity index (χ4v) is 2.79. The first-order chi connectivity index (χ1) is 12.6. The monoisotopic (exact) mass is 378 g/mol. The summed E-state index contributed by atoms with van der Waals surface area (Å²) in [4.78, 5) is 19.2. The molecule has 0 spiro atoms. The molecule has 2 N–H and O–H groups in total. The smallest absolute Gasteiger partial charge is 0.393 e. The van der Waals surface area contributed by atoms with Gasteiger partial charge in [-0.15, -0.1) is 0 Å². The van der Waals surface area contributed by atoms with E-state index in [1.807, 2.05) is 0 Å². The van der Waals surface area contributed by atoms with Gasteiger partial charge in [-0.05, 0) is 31.5 Å². The van der Waals surface area contributed by atoms with Crippen LogP contribution >= 0.6 is 0 Å². The summed E-state index contributed by atoms with van der Waals surface area (Å²) in [6.45, 7) is 7.06. The molecule has 27 heavy (non-hydrogen) atoms. The maximum Gasteiger partial charge on any atom is 0.416 e. The van der Waals surface area contributed by atoms with E-state index in [4.69, 9.17) is 0 Å². The van der Waals surface area contributed by atoms with Gasteiger partial charge < -0.3 is 10.1 Å². The molecule has 1 aromatic carbocycles. The number of benzene rings is 1. The Bertz CT molecular complexity index is 1060. The van der Waals surface area contributed by atoms with E-state index in [9.17, 15) is 23.1 Å². The first-order valence-electron chi connectivity index (χ1n) is 8.11. The van der Waals surface area contributed by atoms with Crippen molar-refractivity contribution in [1.82, 2.24) is 19.7 Å². The Hall–Kier alpha value is -2.94. The molecule has 3 aromatic rings. The minimum absolute atomic E-state index is 0.123. The summed E-state index contributed by atoms with van der Waals surface area (Å²) in [5, 5.41) is 14.2. The van der Waals surface area contributed by atoms with E-state index in [1.54, 1.807) is 13.8 Å². The highest BCUT2D eigenvalue weighted by molar-refractivity contribution is 5.82. The first-order valence-corrected chi connectivity index (χ1v) is 8.11. The van der Waals surface area contributed by atoms with Crippen LogP contribution in [0.25, 0.3) is 16.7 Å². The second kappa shape index (κ2) is 6.66. The van der Waals surface area contributed by atoms with Crippen LogP contribution in [-0.2, 0) is 12.6 Å². The van der Waals surface area contributed by atoms with Crippen molar-refractivity contribution in [2.75, 3.05) is 0 Å². The predicted molar refractivity (Wildman–Crippen MR) is 94.1 cm³/mol. The topological polar surface area (TPSA) is 83.8 Å². The molecule has 3 rings (SSSR count). The highest BCUT2D eigenvalue weighted by Crippen LogP contribution is 2.30. The predicted octanol–water partition coefficient (Wildman–Crippen LogP) is 2.89. The molecule has 142 valence electrons. The lowest BCUT2D eigenvalue weighted by atomic mass is 10.1. The molecule has 2 heterocycles. The third-order valence-electron chi connectivity index (χ3n) is 4.02. The highest BCUT2D eigenvalue weighted by Gasteiger charge is 2.30. The SMILES string of the molecule is C=C(c1ccc(C(F)(F)F)cc1)n1nc(C[C@H](C)O)c2c(=O)[nH]c(C)nc21. The average Bonchev–Trinajstić information content (AvgIpc) is 2.91. The summed E-state index contributed by atoms with van der Waals surface area (Å²) in [5.41, 5.74) is 0.0570. The van der Waals surface area contributed by atoms with E-state index in [0.717, 1.165) is 12.1 Å². The van der Waals surface area contributed by atoms with Crippen molar-refractivity contribution in [2.24, 2.45) is 0 Å². The molecular weight excluding hydrogens is 361 g/mol. The third kappa shape index (κ3) is 3.63. The van der Waals surface area contributed by atoms with Crippen LogP contribution in [0, 0.1) is 6.92 Å². The van der Waals surface area contributed by atoms with Crippen molar-refractivity contribution in [3.8, 4) is 0 Å². The van der Waals surface area contributed by atoms with Gasteiger partial charge in [0, 0.05) is 6.42 Å². The van der Waals surface area contributed by atoms with Crippen molar-refractivity contribution in [1.29, 1.82) is 0 Å². The number of aromatic nitrogens is 4. The summed E-state index contributed by atoms with van der Waals surface area (Å²) in [6.07, 6.45) is -5.05. The van der Waals surface area contributed by atoms with Gasteiger partial charge in [-0.2, -0.15) is 18.3 Å². The fourth-order valence-electron chi connectivity index (χ4n) is 2.79. The quantitative estimate of drug-likeness (QED) is 0.731. The second-order valence-electron chi connectivity index (χ2n) is 6.28. The zero-order chi connectivity index (χ0) is 19.9. The standard InChI is InChI=1S/C18H17F3N4O2/c1-9(26)8-14-15-16(22-11(3)23-17(15)27)25(24-14)10(2)12-4-6-13(7-5-12)18(19,20)21/h4-7,9,26H,2,8H2,1,3H3,(H,22,23,27)/t9-/m0/s1. The normalized spacial score (nSPS) is 13.1. The third-order valence-corrected chi connectivity index (χ3v) is 4.02. The molecule has 0 saturated carbocycles. The van der Waals surface area contributed by atoms with Crippen molar-refractivity contribution in [2.45, 2.75) is 32.5 Å². The Balaban J connectivity index is 2.13. The number of aliphatic hydroxyl groups is 1. The molecule has 6 nitrogen and oxygen atoms in total. The molecule has 0 amide bonds. The molecule has 0 radical (unpaired) electrons. The van der Waals surface area contributed by atoms with Gasteiger partial charge in [-0.1, -0.05) is 18.7 Å². The Morgan fingerprint density at radius 2 is 1.96 bits per heavy atom. The molecule has 0 aliphatic carbocycles. The van der Waals surface area contributed by atoms with Crippen molar-refractivity contribution < 1.29 is 18.3 Å². The average molecular weight is 378 g/mol. The largest absolute Gasteiger partial charge is 0.416 e. The molecular formula is C18H17F3N4O2. The summed E-state index contributed by atoms with van der Waals surface area (Å²) < 4.78 is 39.6. The fraction of sp³-hybridized carbons (Fsp3) is 0.278. The van der Waals surface area contributed by atoms with Gasteiger partial charge in [0.05, 0.1) is 23.1 Å². The van der Waals surface area contributed by atoms with E-state index < -0.39 is 23.4 Å². The molecule has 0 aliphatic heterocycles. The Morgan fingerprint density at radius 1 is 1.33 bits per heavy atom. The number of hydrogen-bond donors (Lipinski definition) is 2. The molecule has 0 saturated heterocycles. The van der Waals surface area contributed by atoms with Gasteiger partial charge in [-0.3, -0.25) is 4.79 Å². The van der Waals surface area contributed by atoms with Gasteiger partial charge in [0.15, 0.2) is 5.65 Å². The molecule has 0 bridgehead atoms. The second-order valence-corrected chi connectivity index (χ2v) is 6.28. The van der Waals surface area contributed by atoms with Gasteiger partial charge >= 0.3 is 6.18 Å². The van der Waals surface area contributed by atoms with E-state index in [1.165, 1.54) is 16.8 Å². The van der Waals surface area contributed by atoms with Crippen molar-refractivity contribution >= 4 is 16.7 Å². The summed E-state index contributed by atoms with van der Waals surface area (Å²) >= 11 is 0. The van der Waals surface area contributed by atoms with Crippen LogP contribution < -0.4 is 5.56 Å². The number of aryl methyl sites for hydroxylation is 1. The molecule has 2 aromatic heterocycles. The van der Waals surface area contributed by atoms with E-state index in [-0.39, 0.29) is 23.2 Å². The number of hydrogen-bond acceptors (Lipinski definition) is 4. The molecule has 9 heteroatoms. The number of rotatable bonds is 4. The maximum absolute atomic E-state index is 12.8. The maximum atomic E-state index is 12.8. The zero-order valence-electron chi connectivity index (χ0n) is 14.6. The zero-order valence-corrected chi connectivity index (χ0v) is 14.6. The van der Waals surface area contributed by atoms with Crippen molar-refractivity contribution in [3.63, 3.8) is 0 Å². The lowest BCUT2D eigenvalue weighted by Crippen LogP contribution is -2.12. The lowest BCUT2D eigenvalue weighted by Gasteiger charge is -2.10. The van der Waals surface area contributed by atoms with E-state index >= 15 is 0 Å². The highest BCUT2D eigenvalue weighted by atomic mass is 19.4. The van der Waals surface area contributed by atoms with Crippen LogP contribution in [0.4, 0.5) is 13.2 Å². The number of nitrogens with one attached hydrogen (secondary N) is 1. The Labute approximate surface area is 152 Å². The van der Waals surface area contributed by atoms with Gasteiger partial charge in [0.2, 0.25) is 0 Å². The number of H-pyrrole nitrogens is 1. The van der Waals surface area contributed by atoms with Crippen LogP contribution in [0.2, 0.25) is 0 Å². The summed E-state index contributed by atoms with van der Waals surface area (Å²) in [6, 6.07) is 4.48. The van der Waals surface area contributed by atoms with Crippen LogP contribution in [0.1, 0.15) is 29.6 Å². The number of nitrogens with zero attached hydrogens (tertiary/aromatic N) is 3. The molecule has 0 aliphatic rings. The number of aromatic amines is 1. The van der Waals surface area contributed by atoms with Gasteiger partial charge in [-0.25, -0.2) is 9.67 Å². The Kier molecular flexibility index (Phi) is 4.64. The number of aliphatic hydroxyl groups excluding tert-OH is 1. The first kappa shape index (κ1) is 18.8. The minimum atomic E-state index is -4.44. The van der Waals surface area contributed by atoms with Crippen LogP contribution in [0.15, 0.2) is 35.6 Å². The van der Waals surface area contributed by atoms with E-state index in [0.29, 0.717) is 17.1 Å². The van der Waals surface area contributed by atoms with Crippen molar-refractivity contribution in [3.05, 3.63) is 63.8 Å². The minimum Gasteiger partial charge on any atom is -0.393 e. The molecule has 0 fully saturated rings. The van der Waals surface area contributed by atoms with E-state index in [2.05, 4.69) is 21.6 Å². The van der Waals surface area contributed by atoms with Crippen LogP contribution in [0.3, 0.4) is 0 Å². The van der Waals surface area contributed by atoms with Crippen LogP contribution in [0.5, 0.6) is 0 Å².